The minimum atomic E-state index is -0.0568. The monoisotopic (exact) mass is 343 g/mol. The third-order valence-corrected chi connectivity index (χ3v) is 4.72. The summed E-state index contributed by atoms with van der Waals surface area (Å²) in [7, 11) is 0. The molecule has 1 amide bonds. The Hall–Kier alpha value is -2.20. The smallest absolute Gasteiger partial charge is 0.258 e. The van der Waals surface area contributed by atoms with Crippen LogP contribution >= 0.6 is 11.6 Å². The van der Waals surface area contributed by atoms with Gasteiger partial charge in [0.15, 0.2) is 11.5 Å². The molecule has 4 nitrogen and oxygen atoms in total. The van der Waals surface area contributed by atoms with Gasteiger partial charge in [-0.2, -0.15) is 0 Å². The Bertz CT molecular complexity index is 818. The number of carbonyl (C=O) groups excluding carboxylic acids is 1. The molecular weight excluding hydrogens is 326 g/mol. The van der Waals surface area contributed by atoms with Crippen LogP contribution in [0.4, 0.5) is 5.69 Å². The molecule has 0 atom stereocenters. The van der Waals surface area contributed by atoms with Gasteiger partial charge < -0.3 is 14.4 Å². The van der Waals surface area contributed by atoms with Gasteiger partial charge >= 0.3 is 0 Å². The van der Waals surface area contributed by atoms with E-state index in [9.17, 15) is 4.79 Å². The van der Waals surface area contributed by atoms with E-state index in [-0.39, 0.29) is 5.91 Å². The molecule has 0 saturated carbocycles. The van der Waals surface area contributed by atoms with Crippen LogP contribution in [0.15, 0.2) is 30.3 Å². The summed E-state index contributed by atoms with van der Waals surface area (Å²) in [6.07, 6.45) is 1.96. The molecule has 0 aliphatic carbocycles. The van der Waals surface area contributed by atoms with Gasteiger partial charge in [0, 0.05) is 17.8 Å². The van der Waals surface area contributed by atoms with Gasteiger partial charge in [0.1, 0.15) is 13.2 Å². The first kappa shape index (κ1) is 15.3. The maximum atomic E-state index is 13.1. The van der Waals surface area contributed by atoms with Crippen molar-refractivity contribution in [2.24, 2.45) is 0 Å². The van der Waals surface area contributed by atoms with Gasteiger partial charge in [0.05, 0.1) is 5.02 Å². The number of benzene rings is 2. The molecule has 0 N–H and O–H groups in total. The summed E-state index contributed by atoms with van der Waals surface area (Å²) >= 11 is 6.28. The maximum absolute atomic E-state index is 13.1. The fraction of sp³-hybridized carbons (Fsp3) is 0.316. The van der Waals surface area contributed by atoms with Crippen molar-refractivity contribution >= 4 is 23.2 Å². The van der Waals surface area contributed by atoms with Crippen molar-refractivity contribution < 1.29 is 14.3 Å². The average molecular weight is 344 g/mol. The second-order valence-electron chi connectivity index (χ2n) is 6.17. The maximum Gasteiger partial charge on any atom is 0.258 e. The van der Waals surface area contributed by atoms with Gasteiger partial charge in [-0.25, -0.2) is 0 Å². The molecule has 2 aliphatic rings. The summed E-state index contributed by atoms with van der Waals surface area (Å²) in [6, 6.07) is 9.62. The van der Waals surface area contributed by atoms with Gasteiger partial charge in [-0.15, -0.1) is 0 Å². The van der Waals surface area contributed by atoms with Crippen molar-refractivity contribution in [3.8, 4) is 11.5 Å². The normalized spacial score (nSPS) is 15.8. The average Bonchev–Trinajstić information content (AvgIpc) is 2.60. The molecule has 0 saturated heterocycles. The molecule has 0 radical (unpaired) electrons. The molecule has 0 spiro atoms. The lowest BCUT2D eigenvalue weighted by atomic mass is 9.98. The Morgan fingerprint density at radius 1 is 1.17 bits per heavy atom. The van der Waals surface area contributed by atoms with Crippen LogP contribution in [0.1, 0.15) is 27.9 Å². The lowest BCUT2D eigenvalue weighted by Gasteiger charge is -2.30. The first-order valence-electron chi connectivity index (χ1n) is 8.14. The molecule has 0 aromatic heterocycles. The summed E-state index contributed by atoms with van der Waals surface area (Å²) in [5.41, 5.74) is 3.95. The first-order chi connectivity index (χ1) is 11.6. The number of carbonyl (C=O) groups is 1. The summed E-state index contributed by atoms with van der Waals surface area (Å²) in [4.78, 5) is 14.9. The summed E-state index contributed by atoms with van der Waals surface area (Å²) < 4.78 is 11.1. The zero-order chi connectivity index (χ0) is 16.7. The van der Waals surface area contributed by atoms with Gasteiger partial charge in [-0.1, -0.05) is 29.3 Å². The van der Waals surface area contributed by atoms with E-state index in [1.54, 1.807) is 12.1 Å². The lowest BCUT2D eigenvalue weighted by Crippen LogP contribution is -2.35. The van der Waals surface area contributed by atoms with Crippen molar-refractivity contribution in [3.05, 3.63) is 52.0 Å². The van der Waals surface area contributed by atoms with Crippen LogP contribution in [0.3, 0.4) is 0 Å². The molecule has 0 bridgehead atoms. The van der Waals surface area contributed by atoms with E-state index in [4.69, 9.17) is 21.1 Å². The van der Waals surface area contributed by atoms with Crippen LogP contribution in [0.2, 0.25) is 5.02 Å². The number of anilines is 1. The highest BCUT2D eigenvalue weighted by molar-refractivity contribution is 6.33. The molecule has 124 valence electrons. The van der Waals surface area contributed by atoms with Crippen molar-refractivity contribution in [1.82, 2.24) is 0 Å². The zero-order valence-corrected chi connectivity index (χ0v) is 14.2. The van der Waals surface area contributed by atoms with Crippen molar-refractivity contribution in [2.75, 3.05) is 24.7 Å². The predicted molar refractivity (Wildman–Crippen MR) is 93.6 cm³/mol. The molecule has 0 unspecified atom stereocenters. The number of rotatable bonds is 1. The lowest BCUT2D eigenvalue weighted by molar-refractivity contribution is 0.0984. The fourth-order valence-electron chi connectivity index (χ4n) is 3.33. The van der Waals surface area contributed by atoms with Crippen molar-refractivity contribution in [2.45, 2.75) is 19.8 Å². The van der Waals surface area contributed by atoms with E-state index in [0.717, 1.165) is 18.5 Å². The SMILES string of the molecule is Cc1ccc2c(c1)CCCN2C(=O)c1cc(Cl)c2c(c1)OCCO2. The third-order valence-electron chi connectivity index (χ3n) is 4.44. The van der Waals surface area contributed by atoms with Crippen LogP contribution in [-0.2, 0) is 6.42 Å². The summed E-state index contributed by atoms with van der Waals surface area (Å²) in [6.45, 7) is 3.72. The van der Waals surface area contributed by atoms with Crippen LogP contribution in [0.5, 0.6) is 11.5 Å². The Morgan fingerprint density at radius 2 is 2.00 bits per heavy atom. The van der Waals surface area contributed by atoms with Gasteiger partial charge in [0.2, 0.25) is 0 Å². The molecule has 2 aromatic rings. The molecule has 4 rings (SSSR count). The number of halogens is 1. The Balaban J connectivity index is 1.71. The molecule has 0 fully saturated rings. The Labute approximate surface area is 145 Å². The van der Waals surface area contributed by atoms with Crippen LogP contribution in [0.25, 0.3) is 0 Å². The predicted octanol–water partition coefficient (Wildman–Crippen LogP) is 4.01. The molecule has 2 heterocycles. The highest BCUT2D eigenvalue weighted by atomic mass is 35.5. The zero-order valence-electron chi connectivity index (χ0n) is 13.5. The van der Waals surface area contributed by atoms with E-state index in [1.165, 1.54) is 11.1 Å². The van der Waals surface area contributed by atoms with Gasteiger partial charge in [0.25, 0.3) is 5.91 Å². The molecular formula is C19H18ClNO3. The topological polar surface area (TPSA) is 38.8 Å². The molecule has 2 aromatic carbocycles. The summed E-state index contributed by atoms with van der Waals surface area (Å²) in [5.74, 6) is 1.01. The third kappa shape index (κ3) is 2.61. The number of ether oxygens (including phenoxy) is 2. The Kier molecular flexibility index (Phi) is 3.85. The summed E-state index contributed by atoms with van der Waals surface area (Å²) in [5, 5.41) is 0.414. The van der Waals surface area contributed by atoms with Crippen molar-refractivity contribution in [1.29, 1.82) is 0 Å². The standard InChI is InChI=1S/C19H18ClNO3/c1-12-4-5-16-13(9-12)3-2-6-21(16)19(22)14-10-15(20)18-17(11-14)23-7-8-24-18/h4-5,9-11H,2-3,6-8H2,1H3. The Morgan fingerprint density at radius 3 is 2.88 bits per heavy atom. The second kappa shape index (κ2) is 6.02. The minimum absolute atomic E-state index is 0.0568. The number of nitrogens with zero attached hydrogens (tertiary/aromatic N) is 1. The van der Waals surface area contributed by atoms with E-state index < -0.39 is 0 Å². The van der Waals surface area contributed by atoms with Gasteiger partial charge in [-0.3, -0.25) is 4.79 Å². The number of fused-ring (bicyclic) bond motifs is 2. The molecule has 2 aliphatic heterocycles. The number of hydrogen-bond donors (Lipinski definition) is 0. The van der Waals surface area contributed by atoms with Crippen LogP contribution < -0.4 is 14.4 Å². The van der Waals surface area contributed by atoms with Crippen LogP contribution in [0, 0.1) is 6.92 Å². The fourth-order valence-corrected chi connectivity index (χ4v) is 3.59. The van der Waals surface area contributed by atoms with Crippen molar-refractivity contribution in [3.63, 3.8) is 0 Å². The van der Waals surface area contributed by atoms with E-state index in [2.05, 4.69) is 13.0 Å². The minimum Gasteiger partial charge on any atom is -0.486 e. The molecule has 24 heavy (non-hydrogen) atoms. The van der Waals surface area contributed by atoms with E-state index in [0.29, 0.717) is 41.8 Å². The number of hydrogen-bond acceptors (Lipinski definition) is 3. The first-order valence-corrected chi connectivity index (χ1v) is 8.52. The van der Waals surface area contributed by atoms with E-state index >= 15 is 0 Å². The van der Waals surface area contributed by atoms with Gasteiger partial charge in [-0.05, 0) is 43.5 Å². The largest absolute Gasteiger partial charge is 0.486 e. The molecule has 5 heteroatoms. The number of amides is 1. The van der Waals surface area contributed by atoms with Crippen LogP contribution in [-0.4, -0.2) is 25.7 Å². The highest BCUT2D eigenvalue weighted by Crippen LogP contribution is 2.39. The number of aryl methyl sites for hydroxylation is 2. The quantitative estimate of drug-likeness (QED) is 0.785. The second-order valence-corrected chi connectivity index (χ2v) is 6.58. The highest BCUT2D eigenvalue weighted by Gasteiger charge is 2.26. The van der Waals surface area contributed by atoms with E-state index in [1.807, 2.05) is 17.0 Å².